The van der Waals surface area contributed by atoms with Crippen LogP contribution in [-0.2, 0) is 26.2 Å². The number of benzene rings is 3. The van der Waals surface area contributed by atoms with Gasteiger partial charge in [0.2, 0.25) is 11.8 Å². The highest BCUT2D eigenvalue weighted by Gasteiger charge is 2.33. The van der Waals surface area contributed by atoms with E-state index in [1.807, 2.05) is 52.0 Å². The quantitative estimate of drug-likeness (QED) is 0.316. The summed E-state index contributed by atoms with van der Waals surface area (Å²) in [6.07, 6.45) is 0. The van der Waals surface area contributed by atoms with E-state index in [1.54, 1.807) is 44.2 Å². The van der Waals surface area contributed by atoms with Gasteiger partial charge in [0, 0.05) is 18.1 Å². The lowest BCUT2D eigenvalue weighted by atomic mass is 10.1. The van der Waals surface area contributed by atoms with Crippen LogP contribution in [0.4, 0.5) is 5.69 Å². The highest BCUT2D eigenvalue weighted by molar-refractivity contribution is 7.92. The highest BCUT2D eigenvalue weighted by Crippen LogP contribution is 2.31. The van der Waals surface area contributed by atoms with Crippen molar-refractivity contribution < 1.29 is 18.0 Å². The van der Waals surface area contributed by atoms with Gasteiger partial charge in [-0.1, -0.05) is 79.0 Å². The lowest BCUT2D eigenvalue weighted by molar-refractivity contribution is -0.139. The van der Waals surface area contributed by atoms with Gasteiger partial charge in [0.25, 0.3) is 10.0 Å². The number of nitrogens with one attached hydrogen (secondary N) is 1. The number of amides is 2. The molecule has 0 spiro atoms. The van der Waals surface area contributed by atoms with Crippen molar-refractivity contribution in [3.8, 4) is 0 Å². The number of nitrogens with zero attached hydrogens (tertiary/aromatic N) is 2. The second kappa shape index (κ2) is 13.3. The van der Waals surface area contributed by atoms with Crippen LogP contribution in [0.5, 0.6) is 0 Å². The van der Waals surface area contributed by atoms with Crippen LogP contribution >= 0.6 is 11.6 Å². The van der Waals surface area contributed by atoms with E-state index in [2.05, 4.69) is 5.32 Å². The van der Waals surface area contributed by atoms with Gasteiger partial charge in [0.05, 0.1) is 10.6 Å². The molecule has 0 aliphatic rings. The number of carbonyl (C=O) groups excluding carboxylic acids is 2. The fraction of sp³-hybridized carbons (Fsp3) is 0.355. The second-order valence-electron chi connectivity index (χ2n) is 10.5. The lowest BCUT2D eigenvalue weighted by Gasteiger charge is -2.32. The smallest absolute Gasteiger partial charge is 0.264 e. The summed E-state index contributed by atoms with van der Waals surface area (Å²) in [6.45, 7) is 11.3. The first-order valence-electron chi connectivity index (χ1n) is 13.3. The van der Waals surface area contributed by atoms with Crippen molar-refractivity contribution in [1.29, 1.82) is 0 Å². The van der Waals surface area contributed by atoms with Crippen molar-refractivity contribution >= 4 is 39.1 Å². The zero-order valence-electron chi connectivity index (χ0n) is 23.9. The van der Waals surface area contributed by atoms with Gasteiger partial charge in [-0.15, -0.1) is 0 Å². The van der Waals surface area contributed by atoms with Crippen molar-refractivity contribution in [2.45, 2.75) is 59.0 Å². The zero-order chi connectivity index (χ0) is 29.6. The molecule has 0 fully saturated rings. The fourth-order valence-electron chi connectivity index (χ4n) is 4.26. The van der Waals surface area contributed by atoms with Crippen LogP contribution in [-0.4, -0.2) is 44.3 Å². The van der Waals surface area contributed by atoms with E-state index in [4.69, 9.17) is 11.6 Å². The Hall–Kier alpha value is -3.36. The highest BCUT2D eigenvalue weighted by atomic mass is 35.5. The predicted molar refractivity (Wildman–Crippen MR) is 161 cm³/mol. The Bertz CT molecular complexity index is 1460. The molecule has 40 heavy (non-hydrogen) atoms. The molecule has 1 N–H and O–H groups in total. The number of carbonyl (C=O) groups is 2. The number of halogens is 1. The van der Waals surface area contributed by atoms with Crippen molar-refractivity contribution in [2.24, 2.45) is 5.92 Å². The summed E-state index contributed by atoms with van der Waals surface area (Å²) < 4.78 is 29.1. The van der Waals surface area contributed by atoms with Crippen molar-refractivity contribution in [3.05, 3.63) is 94.0 Å². The van der Waals surface area contributed by atoms with Crippen LogP contribution in [0.3, 0.4) is 0 Å². The molecule has 0 heterocycles. The maximum atomic E-state index is 14.0. The summed E-state index contributed by atoms with van der Waals surface area (Å²) >= 11 is 6.38. The Morgan fingerprint density at radius 3 is 2.17 bits per heavy atom. The third-order valence-electron chi connectivity index (χ3n) is 6.68. The summed E-state index contributed by atoms with van der Waals surface area (Å²) in [6, 6.07) is 18.2. The van der Waals surface area contributed by atoms with E-state index in [0.29, 0.717) is 22.8 Å². The molecule has 0 aliphatic heterocycles. The minimum absolute atomic E-state index is 0.0539. The van der Waals surface area contributed by atoms with Crippen LogP contribution in [0.25, 0.3) is 0 Å². The first-order valence-corrected chi connectivity index (χ1v) is 15.1. The van der Waals surface area contributed by atoms with E-state index in [1.165, 1.54) is 17.0 Å². The molecule has 0 saturated heterocycles. The number of sulfonamides is 1. The van der Waals surface area contributed by atoms with Crippen LogP contribution < -0.4 is 9.62 Å². The molecule has 0 radical (unpaired) electrons. The summed E-state index contributed by atoms with van der Waals surface area (Å²) in [5.74, 6) is -0.580. The topological polar surface area (TPSA) is 86.8 Å². The van der Waals surface area contributed by atoms with Crippen LogP contribution in [0.2, 0.25) is 5.02 Å². The summed E-state index contributed by atoms with van der Waals surface area (Å²) in [5.41, 5.74) is 3.59. The van der Waals surface area contributed by atoms with Gasteiger partial charge < -0.3 is 10.2 Å². The Morgan fingerprint density at radius 2 is 1.55 bits per heavy atom. The Labute approximate surface area is 243 Å². The van der Waals surface area contributed by atoms with E-state index in [-0.39, 0.29) is 23.3 Å². The summed E-state index contributed by atoms with van der Waals surface area (Å²) in [5, 5.41) is 3.28. The third-order valence-corrected chi connectivity index (χ3v) is 8.87. The van der Waals surface area contributed by atoms with Crippen molar-refractivity contribution in [3.63, 3.8) is 0 Å². The average molecular weight is 584 g/mol. The largest absolute Gasteiger partial charge is 0.354 e. The molecule has 0 unspecified atom stereocenters. The van der Waals surface area contributed by atoms with Crippen LogP contribution in [0.15, 0.2) is 71.6 Å². The molecule has 0 aliphatic carbocycles. The lowest BCUT2D eigenvalue weighted by Crippen LogP contribution is -2.51. The van der Waals surface area contributed by atoms with Crippen molar-refractivity contribution in [2.75, 3.05) is 17.4 Å². The number of aryl methyl sites for hydroxylation is 2. The van der Waals surface area contributed by atoms with Gasteiger partial charge >= 0.3 is 0 Å². The molecule has 7 nitrogen and oxygen atoms in total. The number of hydrogen-bond acceptors (Lipinski definition) is 4. The van der Waals surface area contributed by atoms with Gasteiger partial charge in [0.1, 0.15) is 12.6 Å². The van der Waals surface area contributed by atoms with E-state index < -0.39 is 28.5 Å². The second-order valence-corrected chi connectivity index (χ2v) is 12.8. The molecule has 0 saturated carbocycles. The van der Waals surface area contributed by atoms with Crippen LogP contribution in [0.1, 0.15) is 43.0 Å². The van der Waals surface area contributed by atoms with Gasteiger partial charge in [-0.05, 0) is 69.0 Å². The van der Waals surface area contributed by atoms with E-state index >= 15 is 0 Å². The maximum absolute atomic E-state index is 14.0. The van der Waals surface area contributed by atoms with Gasteiger partial charge in [-0.25, -0.2) is 8.42 Å². The minimum Gasteiger partial charge on any atom is -0.354 e. The summed E-state index contributed by atoms with van der Waals surface area (Å²) in [7, 11) is -4.16. The first kappa shape index (κ1) is 31.2. The number of rotatable bonds is 11. The Morgan fingerprint density at radius 1 is 0.900 bits per heavy atom. The fourth-order valence-corrected chi connectivity index (χ4v) is 5.90. The van der Waals surface area contributed by atoms with Gasteiger partial charge in [-0.3, -0.25) is 13.9 Å². The molecule has 3 rings (SSSR count). The third kappa shape index (κ3) is 7.64. The van der Waals surface area contributed by atoms with Crippen molar-refractivity contribution in [1.82, 2.24) is 10.2 Å². The molecule has 0 aromatic heterocycles. The minimum atomic E-state index is -4.16. The first-order chi connectivity index (χ1) is 18.8. The monoisotopic (exact) mass is 583 g/mol. The van der Waals surface area contributed by atoms with Gasteiger partial charge in [0.15, 0.2) is 0 Å². The van der Waals surface area contributed by atoms with E-state index in [0.717, 1.165) is 21.0 Å². The molecule has 3 aromatic rings. The molecule has 214 valence electrons. The molecule has 0 bridgehead atoms. The summed E-state index contributed by atoms with van der Waals surface area (Å²) in [4.78, 5) is 28.6. The number of hydrogen-bond donors (Lipinski definition) is 1. The molecule has 9 heteroatoms. The Kier molecular flexibility index (Phi) is 10.4. The molecule has 3 aromatic carbocycles. The number of anilines is 1. The Balaban J connectivity index is 2.06. The maximum Gasteiger partial charge on any atom is 0.264 e. The van der Waals surface area contributed by atoms with Crippen LogP contribution in [0, 0.1) is 26.7 Å². The SMILES string of the molecule is Cc1ccc(S(=O)(=O)N(CC(=O)N(Cc2cccc(C)c2)[C@H](C)C(=O)NCC(C)C)c2cccc(Cl)c2C)cc1. The molecule has 2 amide bonds. The normalized spacial score (nSPS) is 12.2. The molecular formula is C31H38ClN3O4S. The molecule has 1 atom stereocenters. The average Bonchev–Trinajstić information content (AvgIpc) is 2.90. The molecular weight excluding hydrogens is 546 g/mol. The standard InChI is InChI=1S/C31H38ClN3O4S/c1-21(2)18-33-31(37)25(6)34(19-26-10-7-9-23(4)17-26)30(36)20-35(29-12-8-11-28(32)24(29)5)40(38,39)27-15-13-22(3)14-16-27/h7-17,21,25H,18-20H2,1-6H3,(H,33,37)/t25-/m1/s1. The van der Waals surface area contributed by atoms with E-state index in [9.17, 15) is 18.0 Å². The zero-order valence-corrected chi connectivity index (χ0v) is 25.5. The van der Waals surface area contributed by atoms with Gasteiger partial charge in [-0.2, -0.15) is 0 Å². The predicted octanol–water partition coefficient (Wildman–Crippen LogP) is 5.65.